The summed E-state index contributed by atoms with van der Waals surface area (Å²) >= 11 is 1.33. The van der Waals surface area contributed by atoms with Crippen LogP contribution in [0.4, 0.5) is 5.00 Å². The second kappa shape index (κ2) is 6.37. The van der Waals surface area contributed by atoms with Crippen LogP contribution in [0.15, 0.2) is 11.4 Å². The maximum absolute atomic E-state index is 12.1. The van der Waals surface area contributed by atoms with Crippen LogP contribution in [-0.2, 0) is 9.53 Å². The molecule has 0 saturated heterocycles. The van der Waals surface area contributed by atoms with Gasteiger partial charge in [-0.2, -0.15) is 0 Å². The van der Waals surface area contributed by atoms with Crippen molar-refractivity contribution >= 4 is 28.2 Å². The lowest BCUT2D eigenvalue weighted by atomic mass is 9.66. The maximum Gasteiger partial charge on any atom is 0.341 e. The van der Waals surface area contributed by atoms with E-state index in [9.17, 15) is 9.59 Å². The van der Waals surface area contributed by atoms with Gasteiger partial charge >= 0.3 is 5.97 Å². The first-order valence-electron chi connectivity index (χ1n) is 6.85. The molecule has 0 spiro atoms. The van der Waals surface area contributed by atoms with Gasteiger partial charge in [-0.05, 0) is 43.2 Å². The van der Waals surface area contributed by atoms with E-state index in [0.29, 0.717) is 30.1 Å². The van der Waals surface area contributed by atoms with Crippen LogP contribution in [0.25, 0.3) is 0 Å². The minimum atomic E-state index is -0.402. The van der Waals surface area contributed by atoms with E-state index < -0.39 is 5.97 Å². The van der Waals surface area contributed by atoms with Gasteiger partial charge in [0.05, 0.1) is 12.2 Å². The molecule has 3 N–H and O–H groups in total. The summed E-state index contributed by atoms with van der Waals surface area (Å²) in [5.74, 6) is -0.482. The zero-order chi connectivity index (χ0) is 14.6. The quantitative estimate of drug-likeness (QED) is 0.790. The Labute approximate surface area is 122 Å². The molecule has 1 saturated carbocycles. The van der Waals surface area contributed by atoms with Crippen molar-refractivity contribution in [3.8, 4) is 0 Å². The second-order valence-electron chi connectivity index (χ2n) is 5.17. The molecule has 20 heavy (non-hydrogen) atoms. The highest BCUT2D eigenvalue weighted by Crippen LogP contribution is 2.43. The number of nitrogens with two attached hydrogens (primary N) is 1. The molecule has 2 rings (SSSR count). The molecule has 110 valence electrons. The van der Waals surface area contributed by atoms with E-state index in [2.05, 4.69) is 5.32 Å². The van der Waals surface area contributed by atoms with Crippen LogP contribution >= 0.6 is 11.3 Å². The lowest BCUT2D eigenvalue weighted by Crippen LogP contribution is -2.40. The van der Waals surface area contributed by atoms with Gasteiger partial charge in [-0.1, -0.05) is 6.42 Å². The molecular weight excluding hydrogens is 276 g/mol. The summed E-state index contributed by atoms with van der Waals surface area (Å²) in [5, 5.41) is 5.13. The largest absolute Gasteiger partial charge is 0.462 e. The summed E-state index contributed by atoms with van der Waals surface area (Å²) in [6, 6.07) is 1.67. The number of hydrogen-bond donors (Lipinski definition) is 2. The summed E-state index contributed by atoms with van der Waals surface area (Å²) in [5.41, 5.74) is 6.14. The predicted molar refractivity (Wildman–Crippen MR) is 78.9 cm³/mol. The van der Waals surface area contributed by atoms with E-state index in [1.54, 1.807) is 18.4 Å². The number of amides is 1. The number of thiophene rings is 1. The van der Waals surface area contributed by atoms with Crippen molar-refractivity contribution in [2.75, 3.05) is 18.5 Å². The van der Waals surface area contributed by atoms with E-state index in [1.807, 2.05) is 0 Å². The van der Waals surface area contributed by atoms with Crippen molar-refractivity contribution in [2.24, 2.45) is 11.1 Å². The van der Waals surface area contributed by atoms with Crippen LogP contribution in [-0.4, -0.2) is 25.0 Å². The van der Waals surface area contributed by atoms with Gasteiger partial charge in [0.15, 0.2) is 0 Å². The number of carbonyl (C=O) groups is 2. The molecule has 5 nitrogen and oxygen atoms in total. The number of carbonyl (C=O) groups excluding carboxylic acids is 2. The van der Waals surface area contributed by atoms with Gasteiger partial charge in [-0.25, -0.2) is 4.79 Å². The normalized spacial score (nSPS) is 16.3. The fourth-order valence-corrected chi connectivity index (χ4v) is 3.21. The molecule has 1 aromatic rings. The third kappa shape index (κ3) is 3.19. The molecule has 0 aliphatic heterocycles. The second-order valence-corrected chi connectivity index (χ2v) is 6.08. The van der Waals surface area contributed by atoms with Gasteiger partial charge in [-0.3, -0.25) is 4.79 Å². The van der Waals surface area contributed by atoms with Crippen molar-refractivity contribution in [3.05, 3.63) is 17.0 Å². The zero-order valence-corrected chi connectivity index (χ0v) is 12.4. The molecule has 0 bridgehead atoms. The fourth-order valence-electron chi connectivity index (χ4n) is 2.42. The van der Waals surface area contributed by atoms with Gasteiger partial charge in [0.2, 0.25) is 5.91 Å². The van der Waals surface area contributed by atoms with Gasteiger partial charge in [0, 0.05) is 6.42 Å². The average molecular weight is 296 g/mol. The summed E-state index contributed by atoms with van der Waals surface area (Å²) in [4.78, 5) is 23.8. The highest BCUT2D eigenvalue weighted by Gasteiger charge is 2.37. The first-order valence-corrected chi connectivity index (χ1v) is 7.73. The molecule has 1 heterocycles. The Balaban J connectivity index is 1.98. The van der Waals surface area contributed by atoms with Crippen molar-refractivity contribution in [3.63, 3.8) is 0 Å². The molecule has 1 aromatic heterocycles. The molecule has 0 aromatic carbocycles. The van der Waals surface area contributed by atoms with Crippen LogP contribution in [0, 0.1) is 5.41 Å². The van der Waals surface area contributed by atoms with Crippen LogP contribution in [0.3, 0.4) is 0 Å². The van der Waals surface area contributed by atoms with Gasteiger partial charge in [0.1, 0.15) is 5.00 Å². The summed E-state index contributed by atoms with van der Waals surface area (Å²) < 4.78 is 4.96. The number of ether oxygens (including phenoxy) is 1. The summed E-state index contributed by atoms with van der Waals surface area (Å²) in [7, 11) is 0. The van der Waals surface area contributed by atoms with E-state index >= 15 is 0 Å². The van der Waals surface area contributed by atoms with Gasteiger partial charge in [-0.15, -0.1) is 11.3 Å². The topological polar surface area (TPSA) is 81.4 Å². The Morgan fingerprint density at radius 3 is 2.80 bits per heavy atom. The Morgan fingerprint density at radius 1 is 1.50 bits per heavy atom. The minimum absolute atomic E-state index is 0.0363. The third-order valence-electron chi connectivity index (χ3n) is 3.80. The highest BCUT2D eigenvalue weighted by atomic mass is 32.1. The number of esters is 1. The standard InChI is InChI=1S/C14H20N2O3S/c1-2-19-13(18)10-4-7-20-12(10)16-11(17)8-14(9-15)5-3-6-14/h4,7H,2-3,5-6,8-9,15H2,1H3,(H,16,17). The molecule has 0 radical (unpaired) electrons. The van der Waals surface area contributed by atoms with Crippen molar-refractivity contribution in [1.29, 1.82) is 0 Å². The number of nitrogens with one attached hydrogen (secondary N) is 1. The molecule has 0 unspecified atom stereocenters. The third-order valence-corrected chi connectivity index (χ3v) is 4.63. The van der Waals surface area contributed by atoms with Crippen molar-refractivity contribution in [2.45, 2.75) is 32.6 Å². The lowest BCUT2D eigenvalue weighted by Gasteiger charge is -2.40. The Hall–Kier alpha value is -1.40. The van der Waals surface area contributed by atoms with Crippen LogP contribution in [0.2, 0.25) is 0 Å². The van der Waals surface area contributed by atoms with Gasteiger partial charge < -0.3 is 15.8 Å². The van der Waals surface area contributed by atoms with E-state index in [1.165, 1.54) is 11.3 Å². The minimum Gasteiger partial charge on any atom is -0.462 e. The molecule has 0 atom stereocenters. The Morgan fingerprint density at radius 2 is 2.25 bits per heavy atom. The smallest absolute Gasteiger partial charge is 0.341 e. The number of anilines is 1. The number of hydrogen-bond acceptors (Lipinski definition) is 5. The van der Waals surface area contributed by atoms with Crippen LogP contribution in [0.1, 0.15) is 43.0 Å². The lowest BCUT2D eigenvalue weighted by molar-refractivity contribution is -0.119. The zero-order valence-electron chi connectivity index (χ0n) is 11.6. The Kier molecular flexibility index (Phi) is 4.77. The SMILES string of the molecule is CCOC(=O)c1ccsc1NC(=O)CC1(CN)CCC1. The van der Waals surface area contributed by atoms with E-state index in [0.717, 1.165) is 19.3 Å². The van der Waals surface area contributed by atoms with E-state index in [4.69, 9.17) is 10.5 Å². The summed E-state index contributed by atoms with van der Waals surface area (Å²) in [6.07, 6.45) is 3.57. The monoisotopic (exact) mass is 296 g/mol. The molecule has 1 amide bonds. The van der Waals surface area contributed by atoms with Crippen LogP contribution < -0.4 is 11.1 Å². The average Bonchev–Trinajstić information content (AvgIpc) is 2.82. The van der Waals surface area contributed by atoms with E-state index in [-0.39, 0.29) is 11.3 Å². The Bertz CT molecular complexity index is 489. The molecule has 6 heteroatoms. The van der Waals surface area contributed by atoms with Gasteiger partial charge in [0.25, 0.3) is 0 Å². The van der Waals surface area contributed by atoms with Crippen LogP contribution in [0.5, 0.6) is 0 Å². The first kappa shape index (κ1) is 15.0. The fraction of sp³-hybridized carbons (Fsp3) is 0.571. The maximum atomic E-state index is 12.1. The molecule has 1 aliphatic rings. The molecule has 1 fully saturated rings. The first-order chi connectivity index (χ1) is 9.60. The van der Waals surface area contributed by atoms with Crippen molar-refractivity contribution < 1.29 is 14.3 Å². The van der Waals surface area contributed by atoms with Crippen molar-refractivity contribution in [1.82, 2.24) is 0 Å². The molecular formula is C14H20N2O3S. The number of rotatable bonds is 6. The predicted octanol–water partition coefficient (Wildman–Crippen LogP) is 2.38. The molecule has 1 aliphatic carbocycles. The summed E-state index contributed by atoms with van der Waals surface area (Å²) in [6.45, 7) is 2.61. The highest BCUT2D eigenvalue weighted by molar-refractivity contribution is 7.14.